The highest BCUT2D eigenvalue weighted by Crippen LogP contribution is 2.41. The van der Waals surface area contributed by atoms with Gasteiger partial charge in [0.2, 0.25) is 5.75 Å². The summed E-state index contributed by atoms with van der Waals surface area (Å²) in [5.41, 5.74) is 0.849. The summed E-state index contributed by atoms with van der Waals surface area (Å²) in [4.78, 5) is 12.9. The second kappa shape index (κ2) is 10.4. The normalized spacial score (nSPS) is 10.4. The lowest BCUT2D eigenvalue weighted by atomic mass is 10.0. The number of carbonyl (C=O) groups excluding carboxylic acids is 1. The first-order valence-electron chi connectivity index (χ1n) is 7.84. The van der Waals surface area contributed by atoms with Crippen LogP contribution in [0, 0.1) is 0 Å². The maximum atomic E-state index is 12.9. The van der Waals surface area contributed by atoms with Crippen LogP contribution >= 0.6 is 0 Å². The Morgan fingerprint density at radius 1 is 0.731 bits per heavy atom. The first kappa shape index (κ1) is 19.7. The number of ether oxygens (including phenoxy) is 6. The number of carbonyl (C=O) groups is 1. The van der Waals surface area contributed by atoms with Gasteiger partial charge in [0.1, 0.15) is 0 Å². The maximum absolute atomic E-state index is 12.9. The third kappa shape index (κ3) is 4.95. The minimum atomic E-state index is -0.211. The third-order valence-corrected chi connectivity index (χ3v) is 3.33. The summed E-state index contributed by atoms with van der Waals surface area (Å²) in [5, 5.41) is 0. The summed E-state index contributed by atoms with van der Waals surface area (Å²) in [5.74, 6) is 0.603. The lowest BCUT2D eigenvalue weighted by Gasteiger charge is -2.18. The Kier molecular flexibility index (Phi) is 7.88. The standard InChI is InChI=1S/C19H22O7/c1-21-11-24-16-10-9-15(17(20)14-7-5-4-6-8-14)18(25-12-22-2)19(16)26-13-23-3/h4-10H,11-13H2,1-3H3. The van der Waals surface area contributed by atoms with Crippen LogP contribution in [0.15, 0.2) is 42.5 Å². The minimum absolute atomic E-state index is 0.0129. The Hall–Kier alpha value is -2.61. The van der Waals surface area contributed by atoms with Crippen molar-refractivity contribution in [3.05, 3.63) is 53.6 Å². The highest BCUT2D eigenvalue weighted by Gasteiger charge is 2.23. The van der Waals surface area contributed by atoms with E-state index in [9.17, 15) is 4.79 Å². The van der Waals surface area contributed by atoms with Crippen molar-refractivity contribution in [2.75, 3.05) is 41.7 Å². The van der Waals surface area contributed by atoms with Crippen molar-refractivity contribution in [2.45, 2.75) is 0 Å². The molecular formula is C19H22O7. The van der Waals surface area contributed by atoms with Crippen molar-refractivity contribution in [2.24, 2.45) is 0 Å². The molecule has 0 aliphatic heterocycles. The minimum Gasteiger partial charge on any atom is -0.464 e. The molecule has 0 atom stereocenters. The molecule has 0 heterocycles. The molecule has 0 spiro atoms. The molecule has 2 aromatic rings. The highest BCUT2D eigenvalue weighted by molar-refractivity contribution is 6.11. The van der Waals surface area contributed by atoms with Crippen molar-refractivity contribution >= 4 is 5.78 Å². The predicted molar refractivity (Wildman–Crippen MR) is 93.8 cm³/mol. The molecule has 2 rings (SSSR count). The van der Waals surface area contributed by atoms with Gasteiger partial charge in [0, 0.05) is 26.9 Å². The summed E-state index contributed by atoms with van der Waals surface area (Å²) in [7, 11) is 4.48. The predicted octanol–water partition coefficient (Wildman–Crippen LogP) is 2.87. The van der Waals surface area contributed by atoms with Crippen LogP contribution in [-0.4, -0.2) is 47.5 Å². The van der Waals surface area contributed by atoms with Crippen molar-refractivity contribution in [3.63, 3.8) is 0 Å². The van der Waals surface area contributed by atoms with Crippen LogP contribution in [0.25, 0.3) is 0 Å². The van der Waals surface area contributed by atoms with E-state index in [1.165, 1.54) is 21.3 Å². The number of ketones is 1. The summed E-state index contributed by atoms with van der Waals surface area (Å²) >= 11 is 0. The molecule has 7 heteroatoms. The number of methoxy groups -OCH3 is 3. The summed E-state index contributed by atoms with van der Waals surface area (Å²) < 4.78 is 31.6. The summed E-state index contributed by atoms with van der Waals surface area (Å²) in [6.07, 6.45) is 0. The smallest absolute Gasteiger partial charge is 0.207 e. The maximum Gasteiger partial charge on any atom is 0.207 e. The Morgan fingerprint density at radius 3 is 1.92 bits per heavy atom. The molecule has 140 valence electrons. The Labute approximate surface area is 152 Å². The van der Waals surface area contributed by atoms with Crippen LogP contribution in [0.5, 0.6) is 17.2 Å². The van der Waals surface area contributed by atoms with E-state index in [2.05, 4.69) is 0 Å². The summed E-state index contributed by atoms with van der Waals surface area (Å²) in [6.45, 7) is -0.0964. The fraction of sp³-hybridized carbons (Fsp3) is 0.316. The Balaban J connectivity index is 2.49. The highest BCUT2D eigenvalue weighted by atomic mass is 16.7. The van der Waals surface area contributed by atoms with Gasteiger partial charge in [-0.1, -0.05) is 30.3 Å². The van der Waals surface area contributed by atoms with Crippen LogP contribution in [0.4, 0.5) is 0 Å². The molecule has 0 aliphatic carbocycles. The van der Waals surface area contributed by atoms with Gasteiger partial charge in [0.05, 0.1) is 5.56 Å². The van der Waals surface area contributed by atoms with E-state index in [0.29, 0.717) is 16.9 Å². The molecule has 0 unspecified atom stereocenters. The molecule has 0 fully saturated rings. The topological polar surface area (TPSA) is 72.5 Å². The zero-order valence-electron chi connectivity index (χ0n) is 15.0. The van der Waals surface area contributed by atoms with Gasteiger partial charge in [-0.3, -0.25) is 4.79 Å². The lowest BCUT2D eigenvalue weighted by molar-refractivity contribution is 0.0215. The van der Waals surface area contributed by atoms with Gasteiger partial charge in [-0.25, -0.2) is 0 Å². The van der Waals surface area contributed by atoms with Gasteiger partial charge < -0.3 is 28.4 Å². The molecule has 0 saturated heterocycles. The van der Waals surface area contributed by atoms with Gasteiger partial charge in [0.15, 0.2) is 37.7 Å². The first-order chi connectivity index (χ1) is 12.7. The number of hydrogen-bond donors (Lipinski definition) is 0. The van der Waals surface area contributed by atoms with Crippen molar-refractivity contribution in [1.82, 2.24) is 0 Å². The largest absolute Gasteiger partial charge is 0.464 e. The van der Waals surface area contributed by atoms with Crippen LogP contribution in [-0.2, 0) is 14.2 Å². The first-order valence-corrected chi connectivity index (χ1v) is 7.84. The summed E-state index contributed by atoms with van der Waals surface area (Å²) in [6, 6.07) is 12.1. The van der Waals surface area contributed by atoms with E-state index in [-0.39, 0.29) is 37.7 Å². The fourth-order valence-electron chi connectivity index (χ4n) is 2.22. The molecule has 0 saturated carbocycles. The molecule has 0 amide bonds. The van der Waals surface area contributed by atoms with Crippen LogP contribution in [0.3, 0.4) is 0 Å². The van der Waals surface area contributed by atoms with E-state index in [1.807, 2.05) is 6.07 Å². The van der Waals surface area contributed by atoms with Gasteiger partial charge in [-0.15, -0.1) is 0 Å². The third-order valence-electron chi connectivity index (χ3n) is 3.33. The molecule has 0 aromatic heterocycles. The Bertz CT molecular complexity index is 701. The van der Waals surface area contributed by atoms with Gasteiger partial charge in [-0.2, -0.15) is 0 Å². The van der Waals surface area contributed by atoms with Gasteiger partial charge in [0.25, 0.3) is 0 Å². The van der Waals surface area contributed by atoms with E-state index in [0.717, 1.165) is 0 Å². The van der Waals surface area contributed by atoms with E-state index < -0.39 is 0 Å². The van der Waals surface area contributed by atoms with Crippen molar-refractivity contribution < 1.29 is 33.2 Å². The number of benzene rings is 2. The van der Waals surface area contributed by atoms with E-state index in [4.69, 9.17) is 28.4 Å². The van der Waals surface area contributed by atoms with E-state index in [1.54, 1.807) is 36.4 Å². The fourth-order valence-corrected chi connectivity index (χ4v) is 2.22. The van der Waals surface area contributed by atoms with E-state index >= 15 is 0 Å². The molecule has 0 radical (unpaired) electrons. The number of rotatable bonds is 11. The molecule has 7 nitrogen and oxygen atoms in total. The van der Waals surface area contributed by atoms with Crippen LogP contribution in [0.2, 0.25) is 0 Å². The zero-order valence-corrected chi connectivity index (χ0v) is 15.0. The average molecular weight is 362 g/mol. The molecular weight excluding hydrogens is 340 g/mol. The van der Waals surface area contributed by atoms with Crippen LogP contribution in [0.1, 0.15) is 15.9 Å². The lowest BCUT2D eigenvalue weighted by Crippen LogP contribution is -2.12. The molecule has 2 aromatic carbocycles. The van der Waals surface area contributed by atoms with Crippen LogP contribution < -0.4 is 14.2 Å². The molecule has 0 aliphatic rings. The quantitative estimate of drug-likeness (QED) is 0.449. The SMILES string of the molecule is COCOc1ccc(C(=O)c2ccccc2)c(OCOC)c1OCOC. The van der Waals surface area contributed by atoms with Gasteiger partial charge in [-0.05, 0) is 12.1 Å². The monoisotopic (exact) mass is 362 g/mol. The van der Waals surface area contributed by atoms with Gasteiger partial charge >= 0.3 is 0 Å². The molecule has 0 N–H and O–H groups in total. The van der Waals surface area contributed by atoms with Crippen molar-refractivity contribution in [3.8, 4) is 17.2 Å². The van der Waals surface area contributed by atoms with Crippen molar-refractivity contribution in [1.29, 1.82) is 0 Å². The number of hydrogen-bond acceptors (Lipinski definition) is 7. The molecule has 0 bridgehead atoms. The zero-order chi connectivity index (χ0) is 18.8. The second-order valence-corrected chi connectivity index (χ2v) is 5.12. The Morgan fingerprint density at radius 2 is 1.31 bits per heavy atom. The second-order valence-electron chi connectivity index (χ2n) is 5.12. The average Bonchev–Trinajstić information content (AvgIpc) is 2.69. The molecule has 26 heavy (non-hydrogen) atoms.